The summed E-state index contributed by atoms with van der Waals surface area (Å²) in [6, 6.07) is 5.56. The maximum absolute atomic E-state index is 11.1. The number of aromatic nitrogens is 2. The summed E-state index contributed by atoms with van der Waals surface area (Å²) in [6.45, 7) is 5.15. The van der Waals surface area contributed by atoms with E-state index in [-0.39, 0.29) is 5.92 Å². The molecule has 0 radical (unpaired) electrons. The summed E-state index contributed by atoms with van der Waals surface area (Å²) in [6.07, 6.45) is 1.23. The summed E-state index contributed by atoms with van der Waals surface area (Å²) in [4.78, 5) is 22.3. The molecule has 1 fully saturated rings. The third-order valence-electron chi connectivity index (χ3n) is 4.74. The normalized spacial score (nSPS) is 14.9. The largest absolute Gasteiger partial charge is 0.495 e. The number of carbonyl (C=O) groups is 1. The van der Waals surface area contributed by atoms with E-state index in [2.05, 4.69) is 20.2 Å². The standard InChI is InChI=1S/C19H23ClN4O3/c1-11-8-15(16(27-3)10-14(11)20)22-19-21-12(2)9-17(23-19)24-6-4-13(5-7-24)18(25)26/h8-10,13H,4-7H2,1-3H3,(H,25,26)(H,21,22,23). The number of carboxylic acid groups (broad SMARTS) is 1. The molecule has 27 heavy (non-hydrogen) atoms. The van der Waals surface area contributed by atoms with Gasteiger partial charge in [-0.05, 0) is 38.3 Å². The summed E-state index contributed by atoms with van der Waals surface area (Å²) >= 11 is 6.17. The molecule has 8 heteroatoms. The van der Waals surface area contributed by atoms with Gasteiger partial charge in [-0.15, -0.1) is 0 Å². The number of nitrogens with zero attached hydrogens (tertiary/aromatic N) is 3. The third-order valence-corrected chi connectivity index (χ3v) is 5.14. The Morgan fingerprint density at radius 3 is 2.59 bits per heavy atom. The molecule has 1 aliphatic heterocycles. The first kappa shape index (κ1) is 19.2. The van der Waals surface area contributed by atoms with E-state index in [0.717, 1.165) is 22.8 Å². The van der Waals surface area contributed by atoms with Crippen LogP contribution in [-0.4, -0.2) is 41.2 Å². The van der Waals surface area contributed by atoms with E-state index in [1.165, 1.54) is 0 Å². The smallest absolute Gasteiger partial charge is 0.306 e. The number of rotatable bonds is 5. The Bertz CT molecular complexity index is 851. The topological polar surface area (TPSA) is 87.6 Å². The minimum Gasteiger partial charge on any atom is -0.495 e. The molecular formula is C19H23ClN4O3. The van der Waals surface area contributed by atoms with Gasteiger partial charge in [-0.2, -0.15) is 4.98 Å². The summed E-state index contributed by atoms with van der Waals surface area (Å²) in [5, 5.41) is 13.0. The zero-order valence-corrected chi connectivity index (χ0v) is 16.4. The fraction of sp³-hybridized carbons (Fsp3) is 0.421. The van der Waals surface area contributed by atoms with Crippen molar-refractivity contribution in [1.29, 1.82) is 0 Å². The number of aliphatic carboxylic acids is 1. The molecule has 0 spiro atoms. The van der Waals surface area contributed by atoms with Crippen molar-refractivity contribution in [2.45, 2.75) is 26.7 Å². The van der Waals surface area contributed by atoms with Crippen molar-refractivity contribution >= 4 is 35.0 Å². The summed E-state index contributed by atoms with van der Waals surface area (Å²) in [5.41, 5.74) is 2.48. The lowest BCUT2D eigenvalue weighted by molar-refractivity contribution is -0.142. The number of benzene rings is 1. The number of aryl methyl sites for hydroxylation is 2. The van der Waals surface area contributed by atoms with Gasteiger partial charge in [-0.3, -0.25) is 4.79 Å². The molecule has 1 aliphatic rings. The molecule has 0 amide bonds. The monoisotopic (exact) mass is 390 g/mol. The van der Waals surface area contributed by atoms with Crippen molar-refractivity contribution in [3.8, 4) is 5.75 Å². The van der Waals surface area contributed by atoms with E-state index in [9.17, 15) is 4.79 Å². The molecule has 1 aromatic carbocycles. The first-order valence-corrected chi connectivity index (χ1v) is 9.19. The van der Waals surface area contributed by atoms with Gasteiger partial charge in [0.15, 0.2) is 0 Å². The van der Waals surface area contributed by atoms with Crippen LogP contribution < -0.4 is 15.0 Å². The summed E-state index contributed by atoms with van der Waals surface area (Å²) < 4.78 is 5.40. The van der Waals surface area contributed by atoms with E-state index in [1.807, 2.05) is 26.0 Å². The number of nitrogens with one attached hydrogen (secondary N) is 1. The summed E-state index contributed by atoms with van der Waals surface area (Å²) in [7, 11) is 1.58. The van der Waals surface area contributed by atoms with Crippen LogP contribution in [0.2, 0.25) is 5.02 Å². The van der Waals surface area contributed by atoms with Crippen LogP contribution in [-0.2, 0) is 4.79 Å². The van der Waals surface area contributed by atoms with Crippen molar-refractivity contribution in [3.05, 3.63) is 34.5 Å². The molecule has 2 aromatic rings. The third kappa shape index (κ3) is 4.42. The first-order valence-electron chi connectivity index (χ1n) is 8.82. The Morgan fingerprint density at radius 2 is 1.96 bits per heavy atom. The molecular weight excluding hydrogens is 368 g/mol. The van der Waals surface area contributed by atoms with Gasteiger partial charge in [0, 0.05) is 35.9 Å². The molecule has 3 rings (SSSR count). The lowest BCUT2D eigenvalue weighted by Crippen LogP contribution is -2.36. The molecule has 1 aromatic heterocycles. The van der Waals surface area contributed by atoms with Crippen molar-refractivity contribution < 1.29 is 14.6 Å². The van der Waals surface area contributed by atoms with Crippen LogP contribution in [0.25, 0.3) is 0 Å². The second-order valence-electron chi connectivity index (χ2n) is 6.72. The van der Waals surface area contributed by atoms with Gasteiger partial charge in [-0.25, -0.2) is 4.98 Å². The van der Waals surface area contributed by atoms with Gasteiger partial charge in [0.05, 0.1) is 18.7 Å². The zero-order valence-electron chi connectivity index (χ0n) is 15.6. The highest BCUT2D eigenvalue weighted by molar-refractivity contribution is 6.31. The van der Waals surface area contributed by atoms with Crippen LogP contribution in [0.1, 0.15) is 24.1 Å². The van der Waals surface area contributed by atoms with Crippen molar-refractivity contribution in [2.75, 3.05) is 30.4 Å². The molecule has 0 saturated carbocycles. The van der Waals surface area contributed by atoms with Crippen LogP contribution in [0.5, 0.6) is 5.75 Å². The number of ether oxygens (including phenoxy) is 1. The quantitative estimate of drug-likeness (QED) is 0.802. The Labute approximate surface area is 163 Å². The second kappa shape index (κ2) is 8.00. The Morgan fingerprint density at radius 1 is 1.26 bits per heavy atom. The molecule has 0 unspecified atom stereocenters. The van der Waals surface area contributed by atoms with Crippen LogP contribution in [0.3, 0.4) is 0 Å². The highest BCUT2D eigenvalue weighted by Crippen LogP contribution is 2.33. The minimum atomic E-state index is -0.721. The van der Waals surface area contributed by atoms with Gasteiger partial charge in [-0.1, -0.05) is 11.6 Å². The average Bonchev–Trinajstić information content (AvgIpc) is 2.64. The Kier molecular flexibility index (Phi) is 5.70. The zero-order chi connectivity index (χ0) is 19.6. The second-order valence-corrected chi connectivity index (χ2v) is 7.12. The predicted molar refractivity (Wildman–Crippen MR) is 105 cm³/mol. The van der Waals surface area contributed by atoms with Crippen molar-refractivity contribution in [2.24, 2.45) is 5.92 Å². The molecule has 144 valence electrons. The number of hydrogen-bond donors (Lipinski definition) is 2. The maximum atomic E-state index is 11.1. The van der Waals surface area contributed by atoms with Crippen LogP contribution in [0.4, 0.5) is 17.5 Å². The van der Waals surface area contributed by atoms with Gasteiger partial charge >= 0.3 is 5.97 Å². The molecule has 0 aliphatic carbocycles. The SMILES string of the molecule is COc1cc(Cl)c(C)cc1Nc1nc(C)cc(N2CCC(C(=O)O)CC2)n1. The highest BCUT2D eigenvalue weighted by atomic mass is 35.5. The van der Waals surface area contributed by atoms with Crippen LogP contribution in [0.15, 0.2) is 18.2 Å². The maximum Gasteiger partial charge on any atom is 0.306 e. The molecule has 0 bridgehead atoms. The average molecular weight is 391 g/mol. The van der Waals surface area contributed by atoms with Gasteiger partial charge in [0.25, 0.3) is 0 Å². The number of anilines is 3. The molecule has 2 N–H and O–H groups in total. The van der Waals surface area contributed by atoms with E-state index >= 15 is 0 Å². The molecule has 7 nitrogen and oxygen atoms in total. The number of methoxy groups -OCH3 is 1. The first-order chi connectivity index (χ1) is 12.9. The number of hydrogen-bond acceptors (Lipinski definition) is 6. The Hall–Kier alpha value is -2.54. The number of halogens is 1. The Balaban J connectivity index is 1.82. The number of carboxylic acids is 1. The molecule has 0 atom stereocenters. The fourth-order valence-corrected chi connectivity index (χ4v) is 3.33. The van der Waals surface area contributed by atoms with E-state index in [0.29, 0.717) is 42.7 Å². The van der Waals surface area contributed by atoms with Crippen LogP contribution >= 0.6 is 11.6 Å². The van der Waals surface area contributed by atoms with Crippen LogP contribution in [0, 0.1) is 19.8 Å². The predicted octanol–water partition coefficient (Wildman–Crippen LogP) is 3.80. The van der Waals surface area contributed by atoms with Gasteiger partial charge < -0.3 is 20.1 Å². The van der Waals surface area contributed by atoms with E-state index in [1.54, 1.807) is 13.2 Å². The molecule has 2 heterocycles. The van der Waals surface area contributed by atoms with Gasteiger partial charge in [0.2, 0.25) is 5.95 Å². The highest BCUT2D eigenvalue weighted by Gasteiger charge is 2.25. The minimum absolute atomic E-state index is 0.275. The fourth-order valence-electron chi connectivity index (χ4n) is 3.18. The van der Waals surface area contributed by atoms with Crippen molar-refractivity contribution in [1.82, 2.24) is 9.97 Å². The summed E-state index contributed by atoms with van der Waals surface area (Å²) in [5.74, 6) is 0.868. The van der Waals surface area contributed by atoms with E-state index < -0.39 is 5.97 Å². The number of piperidine rings is 1. The van der Waals surface area contributed by atoms with Crippen molar-refractivity contribution in [3.63, 3.8) is 0 Å². The van der Waals surface area contributed by atoms with Gasteiger partial charge in [0.1, 0.15) is 11.6 Å². The lowest BCUT2D eigenvalue weighted by atomic mass is 9.97. The lowest BCUT2D eigenvalue weighted by Gasteiger charge is -2.31. The van der Waals surface area contributed by atoms with E-state index in [4.69, 9.17) is 21.4 Å². The molecule has 1 saturated heterocycles.